The van der Waals surface area contributed by atoms with Crippen LogP contribution in [0, 0.1) is 10.1 Å². The molecule has 1 aromatic heterocycles. The summed E-state index contributed by atoms with van der Waals surface area (Å²) < 4.78 is 5.26. The van der Waals surface area contributed by atoms with Gasteiger partial charge in [0.2, 0.25) is 0 Å². The lowest BCUT2D eigenvalue weighted by Gasteiger charge is -2.10. The fourth-order valence-electron chi connectivity index (χ4n) is 2.08. The van der Waals surface area contributed by atoms with Crippen molar-refractivity contribution in [2.24, 2.45) is 0 Å². The Bertz CT molecular complexity index is 670. The van der Waals surface area contributed by atoms with E-state index in [0.717, 1.165) is 5.56 Å². The van der Waals surface area contributed by atoms with Gasteiger partial charge in [-0.3, -0.25) is 15.1 Å². The zero-order chi connectivity index (χ0) is 13.4. The summed E-state index contributed by atoms with van der Waals surface area (Å²) in [6, 6.07) is 7.67. The van der Waals surface area contributed by atoms with E-state index >= 15 is 0 Å². The number of fused-ring (bicyclic) bond motifs is 1. The highest BCUT2D eigenvalue weighted by molar-refractivity contribution is 5.95. The maximum atomic E-state index is 11.8. The van der Waals surface area contributed by atoms with Crippen molar-refractivity contribution in [3.05, 3.63) is 69.5 Å². The Morgan fingerprint density at radius 1 is 1.21 bits per heavy atom. The van der Waals surface area contributed by atoms with Crippen molar-refractivity contribution < 1.29 is 14.5 Å². The van der Waals surface area contributed by atoms with E-state index in [1.54, 1.807) is 30.6 Å². The second-order valence-corrected chi connectivity index (χ2v) is 4.09. The van der Waals surface area contributed by atoms with Crippen molar-refractivity contribution >= 4 is 11.7 Å². The molecule has 0 spiro atoms. The Labute approximate surface area is 107 Å². The van der Waals surface area contributed by atoms with E-state index in [4.69, 9.17) is 4.74 Å². The summed E-state index contributed by atoms with van der Waals surface area (Å²) in [5, 5.41) is 10.7. The van der Waals surface area contributed by atoms with Crippen LogP contribution >= 0.6 is 0 Å². The molecule has 0 N–H and O–H groups in total. The fraction of sp³-hybridized carbons (Fsp3) is 0.0769. The number of pyridine rings is 1. The number of benzene rings is 1. The molecule has 2 heterocycles. The molecular formula is C13H8N2O4. The van der Waals surface area contributed by atoms with Crippen molar-refractivity contribution in [3.8, 4) is 0 Å². The van der Waals surface area contributed by atoms with Gasteiger partial charge in [0, 0.05) is 35.7 Å². The van der Waals surface area contributed by atoms with Gasteiger partial charge in [0.15, 0.2) is 6.10 Å². The van der Waals surface area contributed by atoms with Crippen LogP contribution in [-0.2, 0) is 4.74 Å². The minimum atomic E-state index is -0.541. The Morgan fingerprint density at radius 2 is 1.95 bits per heavy atom. The molecule has 0 fully saturated rings. The van der Waals surface area contributed by atoms with Gasteiger partial charge < -0.3 is 4.74 Å². The maximum Gasteiger partial charge on any atom is 0.339 e. The predicted molar refractivity (Wildman–Crippen MR) is 64.6 cm³/mol. The lowest BCUT2D eigenvalue weighted by atomic mass is 10.00. The Hall–Kier alpha value is -2.76. The van der Waals surface area contributed by atoms with Gasteiger partial charge in [-0.05, 0) is 18.2 Å². The summed E-state index contributed by atoms with van der Waals surface area (Å²) in [5.41, 5.74) is 1.56. The number of nitro benzene ring substituents is 1. The third-order valence-electron chi connectivity index (χ3n) is 2.98. The first-order valence-corrected chi connectivity index (χ1v) is 5.56. The molecule has 0 saturated carbocycles. The highest BCUT2D eigenvalue weighted by Crippen LogP contribution is 2.37. The number of nitro groups is 1. The summed E-state index contributed by atoms with van der Waals surface area (Å²) in [7, 11) is 0. The molecule has 94 valence electrons. The van der Waals surface area contributed by atoms with E-state index in [1.165, 1.54) is 12.1 Å². The summed E-state index contributed by atoms with van der Waals surface area (Å²) in [6.45, 7) is 0. The SMILES string of the molecule is O=C1OC(c2ccncc2)c2ccc([N+](=O)[O-])cc21. The summed E-state index contributed by atoms with van der Waals surface area (Å²) in [6.07, 6.45) is 2.69. The normalized spacial score (nSPS) is 16.8. The Balaban J connectivity index is 2.08. The number of hydrogen-bond donors (Lipinski definition) is 0. The number of nitrogens with zero attached hydrogens (tertiary/aromatic N) is 2. The number of hydrogen-bond acceptors (Lipinski definition) is 5. The number of non-ortho nitro benzene ring substituents is 1. The minimum absolute atomic E-state index is 0.119. The number of rotatable bonds is 2. The average molecular weight is 256 g/mol. The molecule has 1 aliphatic heterocycles. The minimum Gasteiger partial charge on any atom is -0.449 e. The van der Waals surface area contributed by atoms with Crippen LogP contribution in [0.2, 0.25) is 0 Å². The van der Waals surface area contributed by atoms with Crippen LogP contribution in [0.15, 0.2) is 42.7 Å². The molecule has 0 saturated heterocycles. The molecule has 1 atom stereocenters. The zero-order valence-corrected chi connectivity index (χ0v) is 9.65. The maximum absolute atomic E-state index is 11.8. The Kier molecular flexibility index (Phi) is 2.49. The lowest BCUT2D eigenvalue weighted by Crippen LogP contribution is -2.00. The number of esters is 1. The summed E-state index contributed by atoms with van der Waals surface area (Å²) >= 11 is 0. The molecule has 6 heteroatoms. The molecule has 6 nitrogen and oxygen atoms in total. The van der Waals surface area contributed by atoms with Crippen LogP contribution in [0.5, 0.6) is 0 Å². The van der Waals surface area contributed by atoms with Gasteiger partial charge in [0.1, 0.15) is 0 Å². The molecule has 0 amide bonds. The number of carbonyl (C=O) groups excluding carboxylic acids is 1. The van der Waals surface area contributed by atoms with Crippen molar-refractivity contribution in [1.29, 1.82) is 0 Å². The number of aromatic nitrogens is 1. The molecule has 0 bridgehead atoms. The van der Waals surface area contributed by atoms with Crippen LogP contribution in [0.25, 0.3) is 0 Å². The zero-order valence-electron chi connectivity index (χ0n) is 9.65. The van der Waals surface area contributed by atoms with E-state index in [2.05, 4.69) is 4.98 Å². The number of cyclic esters (lactones) is 1. The largest absolute Gasteiger partial charge is 0.449 e. The van der Waals surface area contributed by atoms with Crippen LogP contribution in [0.3, 0.4) is 0 Å². The van der Waals surface area contributed by atoms with Gasteiger partial charge in [-0.25, -0.2) is 4.79 Å². The summed E-state index contributed by atoms with van der Waals surface area (Å²) in [4.78, 5) is 25.8. The number of ether oxygens (including phenoxy) is 1. The van der Waals surface area contributed by atoms with E-state index < -0.39 is 17.0 Å². The monoisotopic (exact) mass is 256 g/mol. The molecule has 0 radical (unpaired) electrons. The van der Waals surface area contributed by atoms with Gasteiger partial charge in [0.25, 0.3) is 5.69 Å². The first kappa shape index (κ1) is 11.3. The highest BCUT2D eigenvalue weighted by Gasteiger charge is 2.33. The third-order valence-corrected chi connectivity index (χ3v) is 2.98. The quantitative estimate of drug-likeness (QED) is 0.467. The lowest BCUT2D eigenvalue weighted by molar-refractivity contribution is -0.384. The topological polar surface area (TPSA) is 82.3 Å². The van der Waals surface area contributed by atoms with Crippen LogP contribution in [0.4, 0.5) is 5.69 Å². The van der Waals surface area contributed by atoms with E-state index in [1.807, 2.05) is 0 Å². The van der Waals surface area contributed by atoms with Crippen molar-refractivity contribution in [1.82, 2.24) is 4.98 Å². The molecule has 0 aliphatic carbocycles. The molecular weight excluding hydrogens is 248 g/mol. The van der Waals surface area contributed by atoms with Crippen LogP contribution in [-0.4, -0.2) is 15.9 Å². The first-order chi connectivity index (χ1) is 9.16. The second kappa shape index (κ2) is 4.16. The standard InChI is InChI=1S/C13H8N2O4/c16-13-11-7-9(15(17)18)1-2-10(11)12(19-13)8-3-5-14-6-4-8/h1-7,12H. The van der Waals surface area contributed by atoms with Gasteiger partial charge in [-0.1, -0.05) is 0 Å². The first-order valence-electron chi connectivity index (χ1n) is 5.56. The van der Waals surface area contributed by atoms with Gasteiger partial charge in [0.05, 0.1) is 10.5 Å². The predicted octanol–water partition coefficient (Wildman–Crippen LogP) is 2.25. The third kappa shape index (κ3) is 1.83. The van der Waals surface area contributed by atoms with Crippen molar-refractivity contribution in [2.75, 3.05) is 0 Å². The van der Waals surface area contributed by atoms with Crippen LogP contribution < -0.4 is 0 Å². The van der Waals surface area contributed by atoms with Gasteiger partial charge >= 0.3 is 5.97 Å². The van der Waals surface area contributed by atoms with E-state index in [-0.39, 0.29) is 11.3 Å². The van der Waals surface area contributed by atoms with Crippen LogP contribution in [0.1, 0.15) is 27.6 Å². The smallest absolute Gasteiger partial charge is 0.339 e. The number of carbonyl (C=O) groups is 1. The molecule has 1 aliphatic rings. The molecule has 2 aromatic rings. The molecule has 19 heavy (non-hydrogen) atoms. The van der Waals surface area contributed by atoms with Crippen molar-refractivity contribution in [2.45, 2.75) is 6.10 Å². The highest BCUT2D eigenvalue weighted by atomic mass is 16.6. The van der Waals surface area contributed by atoms with E-state index in [9.17, 15) is 14.9 Å². The fourth-order valence-corrected chi connectivity index (χ4v) is 2.08. The summed E-state index contributed by atoms with van der Waals surface area (Å²) in [5.74, 6) is -0.541. The molecule has 1 unspecified atom stereocenters. The average Bonchev–Trinajstić information content (AvgIpc) is 2.77. The molecule has 1 aromatic carbocycles. The van der Waals surface area contributed by atoms with Crippen molar-refractivity contribution in [3.63, 3.8) is 0 Å². The molecule has 3 rings (SSSR count). The van der Waals surface area contributed by atoms with Gasteiger partial charge in [-0.15, -0.1) is 0 Å². The van der Waals surface area contributed by atoms with E-state index in [0.29, 0.717) is 5.56 Å². The second-order valence-electron chi connectivity index (χ2n) is 4.09. The Morgan fingerprint density at radius 3 is 2.63 bits per heavy atom. The van der Waals surface area contributed by atoms with Gasteiger partial charge in [-0.2, -0.15) is 0 Å².